The van der Waals surface area contributed by atoms with Gasteiger partial charge in [0.15, 0.2) is 0 Å². The highest BCUT2D eigenvalue weighted by Gasteiger charge is 2.06. The van der Waals surface area contributed by atoms with Gasteiger partial charge in [-0.2, -0.15) is 0 Å². The van der Waals surface area contributed by atoms with Gasteiger partial charge >= 0.3 is 0 Å². The fraction of sp³-hybridized carbons (Fsp3) is 0.750. The maximum Gasteiger partial charge on any atom is 0.0703 e. The van der Waals surface area contributed by atoms with Gasteiger partial charge in [0.1, 0.15) is 0 Å². The van der Waals surface area contributed by atoms with Crippen LogP contribution in [-0.2, 0) is 4.74 Å². The van der Waals surface area contributed by atoms with Crippen molar-refractivity contribution < 1.29 is 4.74 Å². The van der Waals surface area contributed by atoms with Crippen LogP contribution in [-0.4, -0.2) is 13.2 Å². The summed E-state index contributed by atoms with van der Waals surface area (Å²) < 4.78 is 5.00. The summed E-state index contributed by atoms with van der Waals surface area (Å²) in [5.74, 6) is 0. The van der Waals surface area contributed by atoms with E-state index in [4.69, 9.17) is 4.74 Å². The zero-order valence-corrected chi connectivity index (χ0v) is 6.02. The monoisotopic (exact) mass is 126 g/mol. The lowest BCUT2D eigenvalue weighted by Gasteiger charge is -2.16. The first kappa shape index (κ1) is 6.81. The molecule has 0 aromatic carbocycles. The molecule has 0 amide bonds. The summed E-state index contributed by atoms with van der Waals surface area (Å²) in [5, 5.41) is 0. The Morgan fingerprint density at radius 1 is 1.56 bits per heavy atom. The van der Waals surface area contributed by atoms with Crippen molar-refractivity contribution in [3.8, 4) is 0 Å². The molecule has 1 rings (SSSR count). The first-order valence-corrected chi connectivity index (χ1v) is 3.69. The summed E-state index contributed by atoms with van der Waals surface area (Å²) in [6.07, 6.45) is 6.18. The lowest BCUT2D eigenvalue weighted by atomic mass is 10.1. The van der Waals surface area contributed by atoms with Crippen LogP contribution < -0.4 is 0 Å². The van der Waals surface area contributed by atoms with Gasteiger partial charge in [-0.05, 0) is 12.0 Å². The number of ether oxygens (including phenoxy) is 1. The molecule has 1 heterocycles. The number of hydrogen-bond donors (Lipinski definition) is 0. The molecule has 52 valence electrons. The van der Waals surface area contributed by atoms with E-state index in [1.54, 1.807) is 0 Å². The summed E-state index contributed by atoms with van der Waals surface area (Å²) in [6.45, 7) is 4.00. The van der Waals surface area contributed by atoms with Crippen LogP contribution >= 0.6 is 0 Å². The van der Waals surface area contributed by atoms with Crippen molar-refractivity contribution in [1.82, 2.24) is 0 Å². The minimum atomic E-state index is 0.893. The number of allylic oxidation sites excluding steroid dienone is 1. The lowest BCUT2D eigenvalue weighted by Crippen LogP contribution is -2.15. The minimum Gasteiger partial charge on any atom is -0.373 e. The van der Waals surface area contributed by atoms with E-state index in [1.165, 1.54) is 24.8 Å². The van der Waals surface area contributed by atoms with E-state index in [-0.39, 0.29) is 0 Å². The van der Waals surface area contributed by atoms with E-state index in [1.807, 2.05) is 0 Å². The third kappa shape index (κ3) is 2.19. The summed E-state index contributed by atoms with van der Waals surface area (Å²) in [4.78, 5) is 0. The van der Waals surface area contributed by atoms with E-state index in [9.17, 15) is 0 Å². The highest BCUT2D eigenvalue weighted by atomic mass is 16.5. The Hall–Kier alpha value is -0.300. The molecule has 0 unspecified atom stereocenters. The molecule has 1 nitrogen and oxygen atoms in total. The van der Waals surface area contributed by atoms with Crippen LogP contribution in [0.3, 0.4) is 0 Å². The minimum absolute atomic E-state index is 0.893. The van der Waals surface area contributed by atoms with Crippen LogP contribution in [0.15, 0.2) is 11.6 Å². The predicted octanol–water partition coefficient (Wildman–Crippen LogP) is 2.13. The first-order chi connectivity index (χ1) is 4.43. The van der Waals surface area contributed by atoms with Crippen molar-refractivity contribution in [2.24, 2.45) is 0 Å². The maximum absolute atomic E-state index is 5.00. The molecule has 0 aromatic rings. The van der Waals surface area contributed by atoms with Gasteiger partial charge in [-0.15, -0.1) is 0 Å². The standard InChI is InChI=1S/C8H14O/c1-2-3-4-5-8-6-9-7-8/h5H,2-4,6-7H2,1H3. The third-order valence-corrected chi connectivity index (χ3v) is 1.57. The van der Waals surface area contributed by atoms with E-state index in [2.05, 4.69) is 13.0 Å². The zero-order valence-electron chi connectivity index (χ0n) is 6.02. The molecule has 0 aliphatic carbocycles. The van der Waals surface area contributed by atoms with Crippen LogP contribution in [0.1, 0.15) is 26.2 Å². The summed E-state index contributed by atoms with van der Waals surface area (Å²) in [7, 11) is 0. The van der Waals surface area contributed by atoms with Crippen molar-refractivity contribution >= 4 is 0 Å². The highest BCUT2D eigenvalue weighted by molar-refractivity contribution is 5.08. The Morgan fingerprint density at radius 3 is 2.78 bits per heavy atom. The molecule has 0 spiro atoms. The maximum atomic E-state index is 5.00. The average molecular weight is 126 g/mol. The van der Waals surface area contributed by atoms with Gasteiger partial charge in [0, 0.05) is 0 Å². The van der Waals surface area contributed by atoms with Gasteiger partial charge in [-0.1, -0.05) is 25.8 Å². The summed E-state index contributed by atoms with van der Waals surface area (Å²) >= 11 is 0. The molecular formula is C8H14O. The summed E-state index contributed by atoms with van der Waals surface area (Å²) in [5.41, 5.74) is 1.49. The molecule has 1 aliphatic rings. The Morgan fingerprint density at radius 2 is 2.33 bits per heavy atom. The SMILES string of the molecule is CCCCC=C1COC1. The summed E-state index contributed by atoms with van der Waals surface area (Å²) in [6, 6.07) is 0. The molecule has 0 N–H and O–H groups in total. The predicted molar refractivity (Wildman–Crippen MR) is 38.4 cm³/mol. The van der Waals surface area contributed by atoms with Crippen molar-refractivity contribution in [2.75, 3.05) is 13.2 Å². The second kappa shape index (κ2) is 3.67. The van der Waals surface area contributed by atoms with Crippen LogP contribution in [0.2, 0.25) is 0 Å². The Balaban J connectivity index is 2.01. The molecule has 0 aromatic heterocycles. The van der Waals surface area contributed by atoms with Crippen molar-refractivity contribution in [3.63, 3.8) is 0 Å². The molecule has 0 atom stereocenters. The molecule has 9 heavy (non-hydrogen) atoms. The van der Waals surface area contributed by atoms with Crippen molar-refractivity contribution in [1.29, 1.82) is 0 Å². The van der Waals surface area contributed by atoms with Crippen LogP contribution in [0.5, 0.6) is 0 Å². The van der Waals surface area contributed by atoms with Gasteiger partial charge in [-0.25, -0.2) is 0 Å². The molecule has 1 heteroatoms. The second-order valence-corrected chi connectivity index (χ2v) is 2.50. The zero-order chi connectivity index (χ0) is 6.53. The Labute approximate surface area is 56.7 Å². The van der Waals surface area contributed by atoms with E-state index >= 15 is 0 Å². The fourth-order valence-corrected chi connectivity index (χ4v) is 0.848. The molecule has 1 saturated heterocycles. The van der Waals surface area contributed by atoms with Crippen LogP contribution in [0, 0.1) is 0 Å². The molecular weight excluding hydrogens is 112 g/mol. The smallest absolute Gasteiger partial charge is 0.0703 e. The fourth-order valence-electron chi connectivity index (χ4n) is 0.848. The van der Waals surface area contributed by atoms with E-state index in [0.717, 1.165) is 13.2 Å². The molecule has 0 bridgehead atoms. The largest absolute Gasteiger partial charge is 0.373 e. The normalized spacial score (nSPS) is 17.2. The first-order valence-electron chi connectivity index (χ1n) is 3.69. The van der Waals surface area contributed by atoms with Gasteiger partial charge in [-0.3, -0.25) is 0 Å². The van der Waals surface area contributed by atoms with Gasteiger partial charge in [0.05, 0.1) is 13.2 Å². The van der Waals surface area contributed by atoms with E-state index in [0.29, 0.717) is 0 Å². The molecule has 0 saturated carbocycles. The van der Waals surface area contributed by atoms with Crippen LogP contribution in [0.4, 0.5) is 0 Å². The molecule has 0 radical (unpaired) electrons. The Kier molecular flexibility index (Phi) is 2.78. The Bertz CT molecular complexity index is 99.1. The number of hydrogen-bond acceptors (Lipinski definition) is 1. The van der Waals surface area contributed by atoms with Crippen molar-refractivity contribution in [3.05, 3.63) is 11.6 Å². The number of unbranched alkanes of at least 4 members (excludes halogenated alkanes) is 2. The number of rotatable bonds is 3. The highest BCUT2D eigenvalue weighted by Crippen LogP contribution is 2.09. The quantitative estimate of drug-likeness (QED) is 0.416. The topological polar surface area (TPSA) is 9.23 Å². The van der Waals surface area contributed by atoms with Crippen molar-refractivity contribution in [2.45, 2.75) is 26.2 Å². The lowest BCUT2D eigenvalue weighted by molar-refractivity contribution is 0.102. The third-order valence-electron chi connectivity index (χ3n) is 1.57. The second-order valence-electron chi connectivity index (χ2n) is 2.50. The average Bonchev–Trinajstić information content (AvgIpc) is 1.76. The van der Waals surface area contributed by atoms with Crippen LogP contribution in [0.25, 0.3) is 0 Å². The van der Waals surface area contributed by atoms with Gasteiger partial charge in [0.25, 0.3) is 0 Å². The van der Waals surface area contributed by atoms with E-state index < -0.39 is 0 Å². The van der Waals surface area contributed by atoms with Gasteiger partial charge in [0.2, 0.25) is 0 Å². The molecule has 1 fully saturated rings. The van der Waals surface area contributed by atoms with Gasteiger partial charge < -0.3 is 4.74 Å². The molecule has 1 aliphatic heterocycles.